The first-order valence-electron chi connectivity index (χ1n) is 5.36. The van der Waals surface area contributed by atoms with Crippen molar-refractivity contribution in [2.45, 2.75) is 32.0 Å². The van der Waals surface area contributed by atoms with Crippen molar-refractivity contribution in [3.8, 4) is 0 Å². The molecule has 1 aromatic rings. The van der Waals surface area contributed by atoms with E-state index in [9.17, 15) is 4.39 Å². The fourth-order valence-electron chi connectivity index (χ4n) is 1.88. The van der Waals surface area contributed by atoms with Gasteiger partial charge in [-0.05, 0) is 19.4 Å². The van der Waals surface area contributed by atoms with E-state index < -0.39 is 0 Å². The van der Waals surface area contributed by atoms with Crippen LogP contribution in [-0.2, 0) is 11.3 Å². The third-order valence-corrected chi connectivity index (χ3v) is 2.89. The van der Waals surface area contributed by atoms with Gasteiger partial charge in [-0.25, -0.2) is 4.39 Å². The summed E-state index contributed by atoms with van der Waals surface area (Å²) in [5.41, 5.74) is 0.719. The Morgan fingerprint density at radius 2 is 2.27 bits per heavy atom. The molecule has 2 nitrogen and oxygen atoms in total. The maximum Gasteiger partial charge on any atom is 0.127 e. The zero-order chi connectivity index (χ0) is 10.7. The summed E-state index contributed by atoms with van der Waals surface area (Å²) >= 11 is 0. The molecule has 0 aliphatic carbocycles. The van der Waals surface area contributed by atoms with E-state index in [1.807, 2.05) is 19.1 Å². The van der Waals surface area contributed by atoms with Gasteiger partial charge in [-0.1, -0.05) is 18.2 Å². The summed E-state index contributed by atoms with van der Waals surface area (Å²) in [5.74, 6) is -0.142. The molecular weight excluding hydrogens is 193 g/mol. The summed E-state index contributed by atoms with van der Waals surface area (Å²) in [6.07, 6.45) is 1.24. The van der Waals surface area contributed by atoms with Crippen molar-refractivity contribution in [3.05, 3.63) is 35.6 Å². The van der Waals surface area contributed by atoms with Crippen molar-refractivity contribution in [3.63, 3.8) is 0 Å². The van der Waals surface area contributed by atoms with Crippen molar-refractivity contribution in [2.75, 3.05) is 6.61 Å². The topological polar surface area (TPSA) is 21.3 Å². The summed E-state index contributed by atoms with van der Waals surface area (Å²) < 4.78 is 18.7. The minimum atomic E-state index is -0.142. The van der Waals surface area contributed by atoms with Crippen molar-refractivity contribution < 1.29 is 9.13 Å². The minimum absolute atomic E-state index is 0.142. The molecule has 1 saturated heterocycles. The normalized spacial score (nSPS) is 25.7. The number of halogens is 1. The molecule has 0 aromatic heterocycles. The molecule has 0 amide bonds. The molecule has 1 aliphatic rings. The van der Waals surface area contributed by atoms with Gasteiger partial charge in [0, 0.05) is 24.8 Å². The smallest absolute Gasteiger partial charge is 0.127 e. The van der Waals surface area contributed by atoms with Crippen LogP contribution in [0.15, 0.2) is 24.3 Å². The number of ether oxygens (including phenoxy) is 1. The van der Waals surface area contributed by atoms with Gasteiger partial charge >= 0.3 is 0 Å². The number of benzene rings is 1. The van der Waals surface area contributed by atoms with E-state index >= 15 is 0 Å². The van der Waals surface area contributed by atoms with Crippen molar-refractivity contribution in [2.24, 2.45) is 0 Å². The van der Waals surface area contributed by atoms with Crippen LogP contribution in [0.3, 0.4) is 0 Å². The number of hydrogen-bond donors (Lipinski definition) is 1. The Labute approximate surface area is 89.4 Å². The molecule has 1 aromatic carbocycles. The lowest BCUT2D eigenvalue weighted by molar-refractivity contribution is 0.113. The van der Waals surface area contributed by atoms with Crippen LogP contribution in [0.2, 0.25) is 0 Å². The van der Waals surface area contributed by atoms with Crippen LogP contribution in [0.25, 0.3) is 0 Å². The molecule has 0 saturated carbocycles. The highest BCUT2D eigenvalue weighted by Gasteiger charge is 2.23. The minimum Gasteiger partial charge on any atom is -0.377 e. The lowest BCUT2D eigenvalue weighted by Gasteiger charge is -2.16. The predicted molar refractivity (Wildman–Crippen MR) is 57.1 cm³/mol. The second kappa shape index (κ2) is 4.73. The van der Waals surface area contributed by atoms with Crippen LogP contribution in [-0.4, -0.2) is 18.8 Å². The van der Waals surface area contributed by atoms with Gasteiger partial charge in [0.2, 0.25) is 0 Å². The van der Waals surface area contributed by atoms with E-state index in [0.29, 0.717) is 12.6 Å². The Balaban J connectivity index is 1.90. The van der Waals surface area contributed by atoms with Crippen LogP contribution < -0.4 is 5.32 Å². The van der Waals surface area contributed by atoms with E-state index in [1.165, 1.54) is 6.07 Å². The molecule has 15 heavy (non-hydrogen) atoms. The highest BCUT2D eigenvalue weighted by Crippen LogP contribution is 2.14. The molecule has 1 fully saturated rings. The van der Waals surface area contributed by atoms with Crippen LogP contribution in [0, 0.1) is 5.82 Å². The molecule has 1 aliphatic heterocycles. The third-order valence-electron chi connectivity index (χ3n) is 2.89. The van der Waals surface area contributed by atoms with Crippen molar-refractivity contribution in [1.29, 1.82) is 0 Å². The molecule has 2 unspecified atom stereocenters. The lowest BCUT2D eigenvalue weighted by Crippen LogP contribution is -2.34. The van der Waals surface area contributed by atoms with Gasteiger partial charge in [-0.15, -0.1) is 0 Å². The first-order valence-corrected chi connectivity index (χ1v) is 5.36. The summed E-state index contributed by atoms with van der Waals surface area (Å²) in [6.45, 7) is 3.42. The lowest BCUT2D eigenvalue weighted by atomic mass is 10.1. The molecule has 1 heterocycles. The average Bonchev–Trinajstić information content (AvgIpc) is 2.63. The molecule has 3 heteroatoms. The molecule has 1 N–H and O–H groups in total. The van der Waals surface area contributed by atoms with Gasteiger partial charge in [-0.3, -0.25) is 0 Å². The van der Waals surface area contributed by atoms with Gasteiger partial charge in [-0.2, -0.15) is 0 Å². The van der Waals surface area contributed by atoms with Gasteiger partial charge in [0.1, 0.15) is 5.82 Å². The zero-order valence-electron chi connectivity index (χ0n) is 8.87. The average molecular weight is 209 g/mol. The standard InChI is InChI=1S/C12H16FNO/c1-9-12(6-7-15-9)14-8-10-4-2-3-5-11(10)13/h2-5,9,12,14H,6-8H2,1H3. The van der Waals surface area contributed by atoms with Crippen molar-refractivity contribution >= 4 is 0 Å². The Hall–Kier alpha value is -0.930. The van der Waals surface area contributed by atoms with E-state index in [4.69, 9.17) is 4.74 Å². The van der Waals surface area contributed by atoms with E-state index in [0.717, 1.165) is 18.6 Å². The van der Waals surface area contributed by atoms with Crippen LogP contribution in [0.5, 0.6) is 0 Å². The fourth-order valence-corrected chi connectivity index (χ4v) is 1.88. The largest absolute Gasteiger partial charge is 0.377 e. The molecule has 0 radical (unpaired) electrons. The summed E-state index contributed by atoms with van der Waals surface area (Å²) in [5, 5.41) is 3.32. The van der Waals surface area contributed by atoms with E-state index in [-0.39, 0.29) is 11.9 Å². The number of nitrogens with one attached hydrogen (secondary N) is 1. The van der Waals surface area contributed by atoms with Gasteiger partial charge < -0.3 is 10.1 Å². The van der Waals surface area contributed by atoms with Crippen LogP contribution in [0.4, 0.5) is 4.39 Å². The maximum atomic E-state index is 13.3. The Bertz CT molecular complexity index is 329. The van der Waals surface area contributed by atoms with Crippen molar-refractivity contribution in [1.82, 2.24) is 5.32 Å². The summed E-state index contributed by atoms with van der Waals surface area (Å²) in [4.78, 5) is 0. The van der Waals surface area contributed by atoms with E-state index in [1.54, 1.807) is 6.07 Å². The first-order chi connectivity index (χ1) is 7.27. The second-order valence-corrected chi connectivity index (χ2v) is 3.94. The molecule has 2 rings (SSSR count). The Morgan fingerprint density at radius 1 is 1.47 bits per heavy atom. The Kier molecular flexibility index (Phi) is 3.34. The third kappa shape index (κ3) is 2.55. The monoisotopic (exact) mass is 209 g/mol. The molecule has 0 bridgehead atoms. The first kappa shape index (κ1) is 10.6. The molecular formula is C12H16FNO. The SMILES string of the molecule is CC1OCCC1NCc1ccccc1F. The summed E-state index contributed by atoms with van der Waals surface area (Å²) in [7, 11) is 0. The van der Waals surface area contributed by atoms with Crippen LogP contribution in [0.1, 0.15) is 18.9 Å². The van der Waals surface area contributed by atoms with Gasteiger partial charge in [0.25, 0.3) is 0 Å². The Morgan fingerprint density at radius 3 is 2.93 bits per heavy atom. The van der Waals surface area contributed by atoms with Gasteiger partial charge in [0.05, 0.1) is 6.10 Å². The molecule has 82 valence electrons. The highest BCUT2D eigenvalue weighted by molar-refractivity contribution is 5.17. The molecule has 0 spiro atoms. The second-order valence-electron chi connectivity index (χ2n) is 3.94. The maximum absolute atomic E-state index is 13.3. The number of rotatable bonds is 3. The molecule has 2 atom stereocenters. The zero-order valence-corrected chi connectivity index (χ0v) is 8.87. The van der Waals surface area contributed by atoms with E-state index in [2.05, 4.69) is 5.32 Å². The predicted octanol–water partition coefficient (Wildman–Crippen LogP) is 2.09. The fraction of sp³-hybridized carbons (Fsp3) is 0.500. The quantitative estimate of drug-likeness (QED) is 0.823. The summed E-state index contributed by atoms with van der Waals surface area (Å²) in [6, 6.07) is 7.22. The van der Waals surface area contributed by atoms with Gasteiger partial charge in [0.15, 0.2) is 0 Å². The van der Waals surface area contributed by atoms with Crippen LogP contribution >= 0.6 is 0 Å². The highest BCUT2D eigenvalue weighted by atomic mass is 19.1. The number of hydrogen-bond acceptors (Lipinski definition) is 2.